The fourth-order valence-corrected chi connectivity index (χ4v) is 13.2. The highest BCUT2D eigenvalue weighted by Gasteiger charge is 2.64. The molecule has 1 heterocycles. The lowest BCUT2D eigenvalue weighted by Gasteiger charge is -2.64. The topological polar surface area (TPSA) is 116 Å². The first-order valence-corrected chi connectivity index (χ1v) is 19.5. The highest BCUT2D eigenvalue weighted by molar-refractivity contribution is 7.92. The predicted octanol–water partition coefficient (Wildman–Crippen LogP) is 7.06. The van der Waals surface area contributed by atoms with Gasteiger partial charge in [0.15, 0.2) is 0 Å². The van der Waals surface area contributed by atoms with Gasteiger partial charge in [-0.3, -0.25) is 0 Å². The van der Waals surface area contributed by atoms with Gasteiger partial charge in [-0.05, 0) is 121 Å². The summed E-state index contributed by atoms with van der Waals surface area (Å²) in [4.78, 5) is 13.5. The van der Waals surface area contributed by atoms with Crippen molar-refractivity contribution in [2.75, 3.05) is 6.54 Å². The summed E-state index contributed by atoms with van der Waals surface area (Å²) in [6, 6.07) is 12.2. The number of benzene rings is 1. The molecule has 0 saturated heterocycles. The summed E-state index contributed by atoms with van der Waals surface area (Å²) in [5.41, 5.74) is 1.28. The molecule has 9 heteroatoms. The molecule has 248 valence electrons. The second-order valence-corrected chi connectivity index (χ2v) is 18.2. The number of carbonyl (C=O) groups is 1. The van der Waals surface area contributed by atoms with Gasteiger partial charge in [0.2, 0.25) is 0 Å². The molecule has 0 unspecified atom stereocenters. The first-order valence-electron chi connectivity index (χ1n) is 17.2. The van der Waals surface area contributed by atoms with Crippen LogP contribution in [0.15, 0.2) is 46.7 Å². The molecule has 7 nitrogen and oxygen atoms in total. The first kappa shape index (κ1) is 33.0. The van der Waals surface area contributed by atoms with Gasteiger partial charge in [0.1, 0.15) is 4.21 Å². The Balaban J connectivity index is 1.06. The Morgan fingerprint density at radius 2 is 1.69 bits per heavy atom. The molecule has 45 heavy (non-hydrogen) atoms. The van der Waals surface area contributed by atoms with E-state index < -0.39 is 16.1 Å². The lowest BCUT2D eigenvalue weighted by molar-refractivity contribution is -0.203. The van der Waals surface area contributed by atoms with E-state index in [9.17, 15) is 23.4 Å². The molecule has 4 aliphatic carbocycles. The molecule has 4 aliphatic rings. The summed E-state index contributed by atoms with van der Waals surface area (Å²) in [5, 5.41) is 25.3. The van der Waals surface area contributed by atoms with Crippen LogP contribution in [0.5, 0.6) is 0 Å². The van der Waals surface area contributed by atoms with Crippen LogP contribution < -0.4 is 10.0 Å². The van der Waals surface area contributed by atoms with E-state index >= 15 is 0 Å². The van der Waals surface area contributed by atoms with Gasteiger partial charge in [-0.25, -0.2) is 17.9 Å². The monoisotopic (exact) mass is 656 g/mol. The summed E-state index contributed by atoms with van der Waals surface area (Å²) in [7, 11) is -3.96. The van der Waals surface area contributed by atoms with Crippen molar-refractivity contribution in [2.24, 2.45) is 52.3 Å². The maximum Gasteiger partial charge on any atom is 0.328 e. The van der Waals surface area contributed by atoms with Crippen LogP contribution in [-0.2, 0) is 10.0 Å². The Morgan fingerprint density at radius 3 is 2.42 bits per heavy atom. The van der Waals surface area contributed by atoms with Gasteiger partial charge < -0.3 is 15.5 Å². The number of rotatable bonds is 8. The van der Waals surface area contributed by atoms with Crippen molar-refractivity contribution in [1.82, 2.24) is 10.0 Å². The number of aliphatic hydroxyl groups excluding tert-OH is 2. The zero-order valence-electron chi connectivity index (χ0n) is 27.2. The quantitative estimate of drug-likeness (QED) is 0.243. The zero-order chi connectivity index (χ0) is 32.1. The smallest absolute Gasteiger partial charge is 0.328 e. The lowest BCUT2D eigenvalue weighted by Crippen LogP contribution is -2.62. The van der Waals surface area contributed by atoms with Gasteiger partial charge in [0.05, 0.1) is 12.2 Å². The van der Waals surface area contributed by atoms with Crippen molar-refractivity contribution in [3.63, 3.8) is 0 Å². The minimum absolute atomic E-state index is 0.116. The SMILES string of the molecule is CC[C@H]1[C@@H](O)[C@@H]2[C@H](CC[C@]3(C)[C@@H]([C@H](C)CCNC(=O)NS(=O)(=O)c4ccc(-c5ccccc5)s4)CC[C@@H]23)[C@@]2(C)CC[C@@H](O)C[C@@H]12. The van der Waals surface area contributed by atoms with E-state index in [-0.39, 0.29) is 33.2 Å². The Labute approximate surface area is 273 Å². The van der Waals surface area contributed by atoms with E-state index in [0.717, 1.165) is 73.1 Å². The highest BCUT2D eigenvalue weighted by Crippen LogP contribution is 2.69. The Hall–Kier alpha value is -1.94. The van der Waals surface area contributed by atoms with Crippen molar-refractivity contribution < 1.29 is 23.4 Å². The van der Waals surface area contributed by atoms with Gasteiger partial charge in [-0.15, -0.1) is 11.3 Å². The van der Waals surface area contributed by atoms with Crippen molar-refractivity contribution in [1.29, 1.82) is 0 Å². The molecule has 1 aromatic carbocycles. The zero-order valence-corrected chi connectivity index (χ0v) is 28.9. The molecule has 4 N–H and O–H groups in total. The standard InChI is InChI=1S/C36H52N2O5S2/c1-5-25-29-21-24(39)15-18-36(29,4)28-16-19-35(3)26(11-12-27(35)32(28)33(25)40)22(2)17-20-37-34(41)38-45(42,43)31-14-13-30(44-31)23-9-7-6-8-10-23/h6-10,13-14,22,24-29,32-33,39-40H,5,11-12,15-21H2,1-4H3,(H2,37,38,41)/t22-,24-,25-,26-,27+,28+,29+,32+,33-,35-,36-/m1/s1. The van der Waals surface area contributed by atoms with Gasteiger partial charge >= 0.3 is 6.03 Å². The third-order valence-electron chi connectivity index (χ3n) is 13.2. The molecule has 1 aromatic heterocycles. The second-order valence-electron chi connectivity index (χ2n) is 15.2. The summed E-state index contributed by atoms with van der Waals surface area (Å²) in [6.07, 6.45) is 8.58. The predicted molar refractivity (Wildman–Crippen MR) is 179 cm³/mol. The number of sulfonamides is 1. The number of fused-ring (bicyclic) bond motifs is 5. The van der Waals surface area contributed by atoms with Crippen LogP contribution in [0.3, 0.4) is 0 Å². The van der Waals surface area contributed by atoms with Gasteiger partial charge in [0.25, 0.3) is 10.0 Å². The molecule has 0 aliphatic heterocycles. The Morgan fingerprint density at radius 1 is 0.978 bits per heavy atom. The Bertz CT molecular complexity index is 1460. The maximum atomic E-state index is 12.9. The summed E-state index contributed by atoms with van der Waals surface area (Å²) in [5.74, 6) is 2.85. The molecular weight excluding hydrogens is 605 g/mol. The van der Waals surface area contributed by atoms with Gasteiger partial charge in [-0.2, -0.15) is 0 Å². The fraction of sp³-hybridized carbons (Fsp3) is 0.694. The van der Waals surface area contributed by atoms with E-state index in [1.54, 1.807) is 12.1 Å². The van der Waals surface area contributed by atoms with E-state index in [2.05, 4.69) is 37.7 Å². The van der Waals surface area contributed by atoms with Crippen molar-refractivity contribution >= 4 is 27.4 Å². The molecule has 0 bridgehead atoms. The minimum atomic E-state index is -3.96. The third kappa shape index (κ3) is 5.89. The van der Waals surface area contributed by atoms with Crippen LogP contribution in [0.2, 0.25) is 0 Å². The van der Waals surface area contributed by atoms with Crippen LogP contribution >= 0.6 is 11.3 Å². The highest BCUT2D eigenvalue weighted by atomic mass is 32.2. The van der Waals surface area contributed by atoms with Crippen LogP contribution in [-0.4, -0.2) is 43.4 Å². The molecule has 2 amide bonds. The Kier molecular flexibility index (Phi) is 9.22. The first-order chi connectivity index (χ1) is 21.4. The molecular formula is C36H52N2O5S2. The number of thiophene rings is 1. The van der Waals surface area contributed by atoms with Crippen molar-refractivity contribution in [3.05, 3.63) is 42.5 Å². The molecule has 0 spiro atoms. The summed E-state index contributed by atoms with van der Waals surface area (Å²) >= 11 is 1.15. The number of urea groups is 1. The molecule has 4 fully saturated rings. The molecule has 0 radical (unpaired) electrons. The van der Waals surface area contributed by atoms with Crippen molar-refractivity contribution in [2.45, 2.75) is 102 Å². The maximum absolute atomic E-state index is 12.9. The average Bonchev–Trinajstić information content (AvgIpc) is 3.64. The van der Waals surface area contributed by atoms with Crippen LogP contribution in [0.4, 0.5) is 4.79 Å². The number of hydrogen-bond donors (Lipinski definition) is 4. The van der Waals surface area contributed by atoms with Crippen LogP contribution in [0.1, 0.15) is 85.5 Å². The number of nitrogens with one attached hydrogen (secondary N) is 2. The second kappa shape index (κ2) is 12.6. The molecule has 4 saturated carbocycles. The van der Waals surface area contributed by atoms with E-state index in [4.69, 9.17) is 0 Å². The number of amides is 2. The summed E-state index contributed by atoms with van der Waals surface area (Å²) < 4.78 is 28.1. The number of aliphatic hydroxyl groups is 2. The average molecular weight is 657 g/mol. The van der Waals surface area contributed by atoms with E-state index in [1.807, 2.05) is 30.3 Å². The van der Waals surface area contributed by atoms with Crippen LogP contribution in [0.25, 0.3) is 10.4 Å². The number of hydrogen-bond acceptors (Lipinski definition) is 6. The summed E-state index contributed by atoms with van der Waals surface area (Å²) in [6.45, 7) is 9.85. The number of carbonyl (C=O) groups excluding carboxylic acids is 1. The van der Waals surface area contributed by atoms with Crippen LogP contribution in [0, 0.1) is 52.3 Å². The van der Waals surface area contributed by atoms with Gasteiger partial charge in [-0.1, -0.05) is 64.4 Å². The lowest BCUT2D eigenvalue weighted by atomic mass is 9.41. The minimum Gasteiger partial charge on any atom is -0.393 e. The third-order valence-corrected chi connectivity index (χ3v) is 16.1. The van der Waals surface area contributed by atoms with Crippen molar-refractivity contribution in [3.8, 4) is 10.4 Å². The largest absolute Gasteiger partial charge is 0.393 e. The van der Waals surface area contributed by atoms with E-state index in [1.165, 1.54) is 6.42 Å². The molecule has 2 aromatic rings. The van der Waals surface area contributed by atoms with Gasteiger partial charge in [0, 0.05) is 11.4 Å². The fourth-order valence-electron chi connectivity index (χ4n) is 11.0. The van der Waals surface area contributed by atoms with E-state index in [0.29, 0.717) is 42.1 Å². The molecule has 6 rings (SSSR count). The molecule has 11 atom stereocenters. The normalized spacial score (nSPS) is 38.4.